The fraction of sp³-hybridized carbons (Fsp3) is 0.615. The molecule has 114 valence electrons. The van der Waals surface area contributed by atoms with Crippen molar-refractivity contribution in [2.45, 2.75) is 38.0 Å². The fourth-order valence-corrected chi connectivity index (χ4v) is 3.56. The second kappa shape index (κ2) is 5.51. The number of hydrogen-bond donors (Lipinski definition) is 2. The number of nitrogens with one attached hydrogen (secondary N) is 1. The van der Waals surface area contributed by atoms with E-state index in [1.165, 1.54) is 6.20 Å². The normalized spacial score (nSPS) is 31.2. The lowest BCUT2D eigenvalue weighted by molar-refractivity contribution is -0.385. The van der Waals surface area contributed by atoms with Crippen molar-refractivity contribution in [1.29, 1.82) is 0 Å². The molecular weight excluding hydrogens is 340 g/mol. The number of anilines is 1. The minimum atomic E-state index is -0.438. The Bertz CT molecular complexity index is 583. The van der Waals surface area contributed by atoms with Crippen LogP contribution in [0.3, 0.4) is 0 Å². The van der Waals surface area contributed by atoms with Crippen LogP contribution in [0.15, 0.2) is 10.7 Å². The molecule has 0 spiro atoms. The lowest BCUT2D eigenvalue weighted by atomic mass is 9.68. The molecule has 3 N–H and O–H groups in total. The van der Waals surface area contributed by atoms with Gasteiger partial charge in [-0.1, -0.05) is 0 Å². The summed E-state index contributed by atoms with van der Waals surface area (Å²) in [5.41, 5.74) is 6.74. The van der Waals surface area contributed by atoms with E-state index < -0.39 is 4.92 Å². The lowest BCUT2D eigenvalue weighted by Gasteiger charge is -2.52. The Hall–Kier alpha value is -1.25. The van der Waals surface area contributed by atoms with Crippen LogP contribution < -0.4 is 11.1 Å². The zero-order valence-electron chi connectivity index (χ0n) is 11.6. The van der Waals surface area contributed by atoms with E-state index in [2.05, 4.69) is 26.2 Å². The Balaban J connectivity index is 1.79. The van der Waals surface area contributed by atoms with E-state index in [9.17, 15) is 10.1 Å². The van der Waals surface area contributed by atoms with Crippen molar-refractivity contribution in [2.24, 2.45) is 11.7 Å². The first kappa shape index (κ1) is 14.7. The molecule has 3 rings (SSSR count). The smallest absolute Gasteiger partial charge is 0.291 e. The first-order chi connectivity index (χ1) is 10.0. The van der Waals surface area contributed by atoms with Crippen molar-refractivity contribution in [3.8, 4) is 0 Å². The van der Waals surface area contributed by atoms with Gasteiger partial charge in [0.15, 0.2) is 0 Å². The first-order valence-electron chi connectivity index (χ1n) is 6.94. The quantitative estimate of drug-likeness (QED) is 0.633. The number of nitro groups is 1. The van der Waals surface area contributed by atoms with Crippen LogP contribution in [0.5, 0.6) is 0 Å². The average Bonchev–Trinajstić information content (AvgIpc) is 2.47. The summed E-state index contributed by atoms with van der Waals surface area (Å²) in [5, 5.41) is 14.2. The third-order valence-corrected chi connectivity index (χ3v) is 5.38. The molecule has 8 heteroatoms. The maximum Gasteiger partial charge on any atom is 0.291 e. The molecule has 7 nitrogen and oxygen atoms in total. The highest BCUT2D eigenvalue weighted by molar-refractivity contribution is 9.10. The van der Waals surface area contributed by atoms with Crippen LogP contribution in [0, 0.1) is 23.0 Å². The number of ether oxygens (including phenoxy) is 1. The largest absolute Gasteiger partial charge is 0.376 e. The zero-order chi connectivity index (χ0) is 15.1. The van der Waals surface area contributed by atoms with Crippen molar-refractivity contribution in [3.05, 3.63) is 26.3 Å². The number of pyridine rings is 1. The van der Waals surface area contributed by atoms with Gasteiger partial charge in [-0.25, -0.2) is 4.98 Å². The molecule has 1 aromatic rings. The van der Waals surface area contributed by atoms with Gasteiger partial charge in [0, 0.05) is 24.1 Å². The van der Waals surface area contributed by atoms with Gasteiger partial charge < -0.3 is 15.8 Å². The van der Waals surface area contributed by atoms with Gasteiger partial charge in [-0.15, -0.1) is 0 Å². The van der Waals surface area contributed by atoms with Crippen molar-refractivity contribution in [1.82, 2.24) is 4.98 Å². The lowest BCUT2D eigenvalue weighted by Crippen LogP contribution is -2.69. The van der Waals surface area contributed by atoms with Crippen LogP contribution in [-0.4, -0.2) is 34.7 Å². The highest BCUT2D eigenvalue weighted by atomic mass is 79.9. The van der Waals surface area contributed by atoms with E-state index in [1.807, 2.05) is 0 Å². The maximum atomic E-state index is 10.9. The monoisotopic (exact) mass is 356 g/mol. The van der Waals surface area contributed by atoms with E-state index in [0.29, 0.717) is 21.8 Å². The molecule has 0 radical (unpaired) electrons. The maximum absolute atomic E-state index is 10.9. The Labute approximate surface area is 130 Å². The Morgan fingerprint density at radius 1 is 1.62 bits per heavy atom. The number of hydrogen-bond acceptors (Lipinski definition) is 6. The van der Waals surface area contributed by atoms with Crippen LogP contribution in [0.2, 0.25) is 0 Å². The third-order valence-electron chi connectivity index (χ3n) is 4.41. The SMILES string of the molecule is Cc1c([N+](=O)[O-])cnc(NC2C(N)C3CCCOC32)c1Br. The minimum Gasteiger partial charge on any atom is -0.376 e. The van der Waals surface area contributed by atoms with E-state index in [4.69, 9.17) is 10.5 Å². The molecule has 2 fully saturated rings. The van der Waals surface area contributed by atoms with Gasteiger partial charge in [-0.05, 0) is 35.7 Å². The second-order valence-corrected chi connectivity index (χ2v) is 6.37. The number of aromatic nitrogens is 1. The number of nitrogens with two attached hydrogens (primary N) is 1. The standard InChI is InChI=1S/C13H17BrN4O3/c1-6-8(18(19)20)5-16-13(9(6)14)17-11-10(15)7-3-2-4-21-12(7)11/h5,7,10-12H,2-4,15H2,1H3,(H,16,17). The summed E-state index contributed by atoms with van der Waals surface area (Å²) in [7, 11) is 0. The highest BCUT2D eigenvalue weighted by Gasteiger charge is 2.50. The molecule has 0 aromatic carbocycles. The zero-order valence-corrected chi connectivity index (χ0v) is 13.2. The van der Waals surface area contributed by atoms with Crippen molar-refractivity contribution in [2.75, 3.05) is 11.9 Å². The Kier molecular flexibility index (Phi) is 3.85. The molecule has 1 aliphatic heterocycles. The number of nitrogens with zero attached hydrogens (tertiary/aromatic N) is 2. The highest BCUT2D eigenvalue weighted by Crippen LogP contribution is 2.40. The Morgan fingerprint density at radius 2 is 2.38 bits per heavy atom. The third kappa shape index (κ3) is 2.41. The topological polar surface area (TPSA) is 103 Å². The number of fused-ring (bicyclic) bond motifs is 1. The van der Waals surface area contributed by atoms with Gasteiger partial charge in [0.1, 0.15) is 12.0 Å². The predicted octanol–water partition coefficient (Wildman–Crippen LogP) is 1.98. The molecule has 4 atom stereocenters. The van der Waals surface area contributed by atoms with Gasteiger partial charge in [0.25, 0.3) is 5.69 Å². The van der Waals surface area contributed by atoms with Crippen LogP contribution in [0.1, 0.15) is 18.4 Å². The molecule has 1 saturated carbocycles. The van der Waals surface area contributed by atoms with Crippen LogP contribution in [0.4, 0.5) is 11.5 Å². The molecule has 4 unspecified atom stereocenters. The van der Waals surface area contributed by atoms with Crippen molar-refractivity contribution in [3.63, 3.8) is 0 Å². The van der Waals surface area contributed by atoms with Crippen LogP contribution >= 0.6 is 15.9 Å². The van der Waals surface area contributed by atoms with Gasteiger partial charge in [-0.3, -0.25) is 10.1 Å². The molecule has 1 aromatic heterocycles. The predicted molar refractivity (Wildman–Crippen MR) is 81.2 cm³/mol. The summed E-state index contributed by atoms with van der Waals surface area (Å²) in [4.78, 5) is 14.6. The van der Waals surface area contributed by atoms with Gasteiger partial charge in [0.05, 0.1) is 21.5 Å². The summed E-state index contributed by atoms with van der Waals surface area (Å²) in [6.07, 6.45) is 3.53. The molecule has 1 aliphatic carbocycles. The fourth-order valence-electron chi connectivity index (χ4n) is 3.14. The van der Waals surface area contributed by atoms with E-state index in [1.54, 1.807) is 6.92 Å². The molecule has 2 heterocycles. The molecule has 0 bridgehead atoms. The number of rotatable bonds is 3. The average molecular weight is 357 g/mol. The molecule has 21 heavy (non-hydrogen) atoms. The van der Waals surface area contributed by atoms with E-state index in [-0.39, 0.29) is 23.9 Å². The summed E-state index contributed by atoms with van der Waals surface area (Å²) >= 11 is 3.38. The van der Waals surface area contributed by atoms with Crippen molar-refractivity contribution < 1.29 is 9.66 Å². The Morgan fingerprint density at radius 3 is 3.10 bits per heavy atom. The number of halogens is 1. The molecule has 0 amide bonds. The second-order valence-electron chi connectivity index (χ2n) is 5.58. The summed E-state index contributed by atoms with van der Waals surface area (Å²) in [6, 6.07) is 0.0273. The van der Waals surface area contributed by atoms with Crippen molar-refractivity contribution >= 4 is 27.4 Å². The van der Waals surface area contributed by atoms with Crippen LogP contribution in [0.25, 0.3) is 0 Å². The first-order valence-corrected chi connectivity index (χ1v) is 7.73. The molecule has 1 saturated heterocycles. The van der Waals surface area contributed by atoms with Gasteiger partial charge in [-0.2, -0.15) is 0 Å². The van der Waals surface area contributed by atoms with Gasteiger partial charge >= 0.3 is 0 Å². The van der Waals surface area contributed by atoms with E-state index in [0.717, 1.165) is 19.4 Å². The minimum absolute atomic E-state index is 0.0000406. The molecular formula is C13H17BrN4O3. The van der Waals surface area contributed by atoms with Crippen LogP contribution in [-0.2, 0) is 4.74 Å². The summed E-state index contributed by atoms with van der Waals surface area (Å²) < 4.78 is 6.37. The van der Waals surface area contributed by atoms with Gasteiger partial charge in [0.2, 0.25) is 0 Å². The molecule has 2 aliphatic rings. The summed E-state index contributed by atoms with van der Waals surface area (Å²) in [5.74, 6) is 0.973. The van der Waals surface area contributed by atoms with E-state index >= 15 is 0 Å². The summed E-state index contributed by atoms with van der Waals surface area (Å²) in [6.45, 7) is 2.45.